The van der Waals surface area contributed by atoms with Crippen molar-refractivity contribution in [2.24, 2.45) is 5.73 Å². The van der Waals surface area contributed by atoms with E-state index in [0.717, 1.165) is 25.6 Å². The van der Waals surface area contributed by atoms with E-state index in [4.69, 9.17) is 37.0 Å². The highest BCUT2D eigenvalue weighted by atomic mass is 28.4. The molecule has 0 unspecified atom stereocenters. The lowest BCUT2D eigenvalue weighted by molar-refractivity contribution is -0.139. The number of carbonyl (C=O) groups excluding carboxylic acids is 1. The van der Waals surface area contributed by atoms with Crippen molar-refractivity contribution in [3.05, 3.63) is 12.2 Å². The van der Waals surface area contributed by atoms with Gasteiger partial charge < -0.3 is 42.3 Å². The number of nitrogens with one attached hydrogen (secondary N) is 1. The van der Waals surface area contributed by atoms with Crippen molar-refractivity contribution >= 4 is 23.6 Å². The third-order valence-corrected chi connectivity index (χ3v) is 9.90. The predicted octanol–water partition coefficient (Wildman–Crippen LogP) is 1.18. The van der Waals surface area contributed by atoms with Gasteiger partial charge in [0.2, 0.25) is 0 Å². The number of hydrogen-bond donors (Lipinski definition) is 2. The minimum atomic E-state index is -2.53. The number of hydrogen-bond acceptors (Lipinski definition) is 10. The molecule has 0 aromatic rings. The number of nitrogens with two attached hydrogens (primary N) is 1. The van der Waals surface area contributed by atoms with Gasteiger partial charge in [-0.15, -0.1) is 0 Å². The van der Waals surface area contributed by atoms with Crippen LogP contribution in [0.1, 0.15) is 19.8 Å². The molecule has 3 N–H and O–H groups in total. The summed E-state index contributed by atoms with van der Waals surface area (Å²) in [6.45, 7) is 7.85. The highest BCUT2D eigenvalue weighted by Gasteiger charge is 2.37. The second-order valence-electron chi connectivity index (χ2n) is 6.25. The summed E-state index contributed by atoms with van der Waals surface area (Å²) >= 11 is 0. The molecule has 180 valence electrons. The van der Waals surface area contributed by atoms with Gasteiger partial charge in [0.1, 0.15) is 0 Å². The van der Waals surface area contributed by atoms with Crippen LogP contribution >= 0.6 is 0 Å². The summed E-state index contributed by atoms with van der Waals surface area (Å²) < 4.78 is 36.5. The summed E-state index contributed by atoms with van der Waals surface area (Å²) in [5, 5.41) is 3.21. The average Bonchev–Trinajstić information content (AvgIpc) is 2.77. The van der Waals surface area contributed by atoms with Gasteiger partial charge in [0, 0.05) is 73.4 Å². The van der Waals surface area contributed by atoms with Crippen molar-refractivity contribution in [1.29, 1.82) is 0 Å². The van der Waals surface area contributed by atoms with Crippen molar-refractivity contribution in [2.45, 2.75) is 31.9 Å². The summed E-state index contributed by atoms with van der Waals surface area (Å²) in [5.41, 5.74) is 5.74. The predicted molar refractivity (Wildman–Crippen MR) is 120 cm³/mol. The fraction of sp³-hybridized carbons (Fsp3) is 0.833. The summed E-state index contributed by atoms with van der Waals surface area (Å²) in [7, 11) is 4.68. The Morgan fingerprint density at radius 1 is 0.833 bits per heavy atom. The maximum absolute atomic E-state index is 11.1. The van der Waals surface area contributed by atoms with Crippen LogP contribution in [0.3, 0.4) is 0 Å². The maximum Gasteiger partial charge on any atom is 0.500 e. The van der Waals surface area contributed by atoms with Crippen LogP contribution in [-0.4, -0.2) is 92.5 Å². The molecule has 0 fully saturated rings. The second kappa shape index (κ2) is 19.0. The van der Waals surface area contributed by atoms with Crippen LogP contribution in [0.4, 0.5) is 0 Å². The molecule has 0 aromatic heterocycles. The average molecular weight is 471 g/mol. The van der Waals surface area contributed by atoms with E-state index in [0.29, 0.717) is 31.2 Å². The Kier molecular flexibility index (Phi) is 20.0. The largest absolute Gasteiger partial charge is 0.500 e. The molecule has 0 spiro atoms. The van der Waals surface area contributed by atoms with E-state index in [2.05, 4.69) is 11.9 Å². The highest BCUT2D eigenvalue weighted by molar-refractivity contribution is 6.60. The Hall–Kier alpha value is -0.676. The Morgan fingerprint density at radius 2 is 1.27 bits per heavy atom. The van der Waals surface area contributed by atoms with Crippen molar-refractivity contribution in [1.82, 2.24) is 5.32 Å². The fourth-order valence-electron chi connectivity index (χ4n) is 2.35. The van der Waals surface area contributed by atoms with Gasteiger partial charge in [-0.2, -0.15) is 0 Å². The Bertz CT molecular complexity index is 433. The molecule has 0 saturated carbocycles. The zero-order valence-corrected chi connectivity index (χ0v) is 21.7. The normalized spacial score (nSPS) is 11.6. The molecule has 0 aliphatic carbocycles. The van der Waals surface area contributed by atoms with Crippen molar-refractivity contribution in [2.75, 3.05) is 68.9 Å². The standard InChI is InChI=1S/C10H20O5Si.C8H22N2O3Si/c1-9(2)10(11)15-7-6-8-16(12-3,13-4)14-5;1-11-14(12-2,13-3)8-4-6-10-7-5-9/h1,6-8H2,2-5H3;10H,4-9H2,1-3H3. The molecule has 0 heterocycles. The van der Waals surface area contributed by atoms with Gasteiger partial charge in [-0.1, -0.05) is 6.58 Å². The van der Waals surface area contributed by atoms with Gasteiger partial charge in [0.05, 0.1) is 6.61 Å². The molecule has 0 bridgehead atoms. The van der Waals surface area contributed by atoms with E-state index in [-0.39, 0.29) is 5.97 Å². The van der Waals surface area contributed by atoms with Gasteiger partial charge in [-0.3, -0.25) is 0 Å². The van der Waals surface area contributed by atoms with Crippen molar-refractivity contribution in [3.63, 3.8) is 0 Å². The first-order chi connectivity index (χ1) is 14.3. The van der Waals surface area contributed by atoms with E-state index in [1.807, 2.05) is 0 Å². The van der Waals surface area contributed by atoms with E-state index < -0.39 is 17.6 Å². The smallest absolute Gasteiger partial charge is 0.462 e. The third-order valence-electron chi connectivity index (χ3n) is 4.23. The molecule has 12 heteroatoms. The quantitative estimate of drug-likeness (QED) is 0.139. The van der Waals surface area contributed by atoms with Crippen LogP contribution in [0.2, 0.25) is 12.1 Å². The van der Waals surface area contributed by atoms with Crippen LogP contribution in [-0.2, 0) is 36.1 Å². The Labute approximate surface area is 184 Å². The van der Waals surface area contributed by atoms with Crippen LogP contribution in [0.5, 0.6) is 0 Å². The Morgan fingerprint density at radius 3 is 1.63 bits per heavy atom. The lowest BCUT2D eigenvalue weighted by atomic mass is 10.4. The van der Waals surface area contributed by atoms with Crippen molar-refractivity contribution < 1.29 is 36.1 Å². The number of rotatable bonds is 17. The molecule has 0 aromatic carbocycles. The lowest BCUT2D eigenvalue weighted by Gasteiger charge is -2.24. The zero-order valence-electron chi connectivity index (χ0n) is 19.7. The first-order valence-electron chi connectivity index (χ1n) is 9.80. The molecule has 30 heavy (non-hydrogen) atoms. The topological polar surface area (TPSA) is 120 Å². The van der Waals surface area contributed by atoms with Gasteiger partial charge in [0.15, 0.2) is 0 Å². The minimum Gasteiger partial charge on any atom is -0.462 e. The van der Waals surface area contributed by atoms with Crippen LogP contribution in [0.25, 0.3) is 0 Å². The summed E-state index contributed by atoms with van der Waals surface area (Å²) in [4.78, 5) is 11.1. The molecule has 0 radical (unpaired) electrons. The van der Waals surface area contributed by atoms with E-state index in [9.17, 15) is 4.79 Å². The fourth-order valence-corrected chi connectivity index (χ4v) is 5.76. The third kappa shape index (κ3) is 13.6. The van der Waals surface area contributed by atoms with Gasteiger partial charge >= 0.3 is 23.6 Å². The van der Waals surface area contributed by atoms with Crippen molar-refractivity contribution in [3.8, 4) is 0 Å². The van der Waals surface area contributed by atoms with E-state index >= 15 is 0 Å². The van der Waals surface area contributed by atoms with Gasteiger partial charge in [-0.05, 0) is 26.3 Å². The zero-order chi connectivity index (χ0) is 23.5. The summed E-state index contributed by atoms with van der Waals surface area (Å²) in [6, 6.07) is 1.44. The van der Waals surface area contributed by atoms with E-state index in [1.165, 1.54) is 0 Å². The monoisotopic (exact) mass is 470 g/mol. The Balaban J connectivity index is 0. The molecule has 0 atom stereocenters. The van der Waals surface area contributed by atoms with Crippen LogP contribution in [0.15, 0.2) is 12.2 Å². The van der Waals surface area contributed by atoms with Crippen LogP contribution < -0.4 is 11.1 Å². The molecular formula is C18H42N2O8Si2. The SMILES string of the molecule is C=C(C)C(=O)OCCC[Si](OC)(OC)OC.CO[Si](CCCNCCN)(OC)OC. The first-order valence-corrected chi connectivity index (χ1v) is 13.7. The maximum atomic E-state index is 11.1. The molecule has 0 rings (SSSR count). The molecular weight excluding hydrogens is 428 g/mol. The van der Waals surface area contributed by atoms with Gasteiger partial charge in [0.25, 0.3) is 0 Å². The first kappa shape index (κ1) is 31.5. The number of esters is 1. The number of ether oxygens (including phenoxy) is 1. The molecule has 10 nitrogen and oxygen atoms in total. The highest BCUT2D eigenvalue weighted by Crippen LogP contribution is 2.15. The molecule has 0 amide bonds. The minimum absolute atomic E-state index is 0.316. The van der Waals surface area contributed by atoms with Crippen LogP contribution in [0, 0.1) is 0 Å². The molecule has 0 aliphatic heterocycles. The molecule has 0 saturated heterocycles. The summed E-state index contributed by atoms with van der Waals surface area (Å²) in [5.74, 6) is -0.375. The second-order valence-corrected chi connectivity index (χ2v) is 12.4. The van der Waals surface area contributed by atoms with Gasteiger partial charge in [-0.25, -0.2) is 4.79 Å². The lowest BCUT2D eigenvalue weighted by Crippen LogP contribution is -2.43. The van der Waals surface area contributed by atoms with E-state index in [1.54, 1.807) is 49.6 Å². The number of carbonyl (C=O) groups is 1. The summed E-state index contributed by atoms with van der Waals surface area (Å²) in [6.07, 6.45) is 1.61. The molecule has 0 aliphatic rings.